The third-order valence-electron chi connectivity index (χ3n) is 5.57. The van der Waals surface area contributed by atoms with Crippen LogP contribution in [0.25, 0.3) is 0 Å². The SMILES string of the molecule is CC.CC(=O)N1C(C)CN(c2cc(N(C)NC(N)=Nc3ccc(C=O)cc3)ccn2)CC1C.CCOC. The van der Waals surface area contributed by atoms with Gasteiger partial charge >= 0.3 is 0 Å². The largest absolute Gasteiger partial charge is 0.385 e. The minimum absolute atomic E-state index is 0.0980. The molecule has 0 aliphatic carbocycles. The van der Waals surface area contributed by atoms with Gasteiger partial charge in [-0.2, -0.15) is 0 Å². The molecule has 1 amide bonds. The predicted octanol–water partition coefficient (Wildman–Crippen LogP) is 3.61. The van der Waals surface area contributed by atoms with Gasteiger partial charge in [0.05, 0.1) is 11.4 Å². The summed E-state index contributed by atoms with van der Waals surface area (Å²) >= 11 is 0. The number of hydrazine groups is 1. The summed E-state index contributed by atoms with van der Waals surface area (Å²) < 4.78 is 4.54. The summed E-state index contributed by atoms with van der Waals surface area (Å²) in [5.74, 6) is 1.16. The Morgan fingerprint density at radius 1 is 1.22 bits per heavy atom. The van der Waals surface area contributed by atoms with Gasteiger partial charge in [0.2, 0.25) is 11.9 Å². The first-order valence-corrected chi connectivity index (χ1v) is 12.6. The molecule has 0 spiro atoms. The number of aliphatic imine (C=N–C) groups is 1. The number of piperazine rings is 1. The molecule has 1 saturated heterocycles. The van der Waals surface area contributed by atoms with E-state index in [4.69, 9.17) is 5.73 Å². The molecule has 3 rings (SSSR count). The number of benzene rings is 1. The summed E-state index contributed by atoms with van der Waals surface area (Å²) in [5, 5.41) is 1.77. The maximum absolute atomic E-state index is 11.9. The number of rotatable bonds is 6. The zero-order valence-electron chi connectivity index (χ0n) is 23.4. The zero-order chi connectivity index (χ0) is 28.0. The summed E-state index contributed by atoms with van der Waals surface area (Å²) in [6.07, 6.45) is 2.53. The molecule has 10 heteroatoms. The Kier molecular flexibility index (Phi) is 13.7. The molecule has 1 aromatic carbocycles. The van der Waals surface area contributed by atoms with Crippen molar-refractivity contribution in [3.63, 3.8) is 0 Å². The van der Waals surface area contributed by atoms with Gasteiger partial charge in [-0.3, -0.25) is 20.0 Å². The first-order valence-electron chi connectivity index (χ1n) is 12.6. The maximum Gasteiger partial charge on any atom is 0.220 e. The van der Waals surface area contributed by atoms with Crippen molar-refractivity contribution in [2.24, 2.45) is 10.7 Å². The van der Waals surface area contributed by atoms with E-state index in [1.807, 2.05) is 44.9 Å². The maximum atomic E-state index is 11.9. The molecule has 1 aliphatic heterocycles. The van der Waals surface area contributed by atoms with Crippen LogP contribution in [0.4, 0.5) is 17.2 Å². The van der Waals surface area contributed by atoms with Crippen molar-refractivity contribution in [2.75, 3.05) is 43.8 Å². The van der Waals surface area contributed by atoms with Crippen LogP contribution in [0.5, 0.6) is 0 Å². The van der Waals surface area contributed by atoms with E-state index in [0.717, 1.165) is 37.5 Å². The standard InChI is InChI=1S/C22H29N7O2.C3H8O.C2H6/c1-15-12-28(13-16(2)29(15)17(3)31)21-11-20(9-10-24-21)27(4)26-22(23)25-19-7-5-18(14-30)6-8-19;1-3-4-2;1-2/h5-11,14-16H,12-13H2,1-4H3,(H3,23,25,26);3H2,1-2H3;1-2H3. The molecule has 1 fully saturated rings. The average Bonchev–Trinajstić information content (AvgIpc) is 2.89. The molecule has 2 unspecified atom stereocenters. The predicted molar refractivity (Wildman–Crippen MR) is 151 cm³/mol. The Balaban J connectivity index is 0.00000104. The van der Waals surface area contributed by atoms with Crippen LogP contribution in [-0.4, -0.2) is 74.0 Å². The summed E-state index contributed by atoms with van der Waals surface area (Å²) in [5.41, 5.74) is 11.2. The highest BCUT2D eigenvalue weighted by Crippen LogP contribution is 2.24. The number of anilines is 2. The van der Waals surface area contributed by atoms with Crippen LogP contribution in [0.1, 0.15) is 51.9 Å². The van der Waals surface area contributed by atoms with E-state index in [1.165, 1.54) is 0 Å². The lowest BCUT2D eigenvalue weighted by molar-refractivity contribution is -0.133. The molecule has 0 radical (unpaired) electrons. The number of hydrogen-bond donors (Lipinski definition) is 2. The fourth-order valence-electron chi connectivity index (χ4n) is 3.95. The van der Waals surface area contributed by atoms with Crippen LogP contribution in [0.3, 0.4) is 0 Å². The Bertz CT molecular complexity index is 984. The molecule has 1 aliphatic rings. The fourth-order valence-corrected chi connectivity index (χ4v) is 3.95. The molecule has 3 N–H and O–H groups in total. The average molecular weight is 514 g/mol. The Morgan fingerprint density at radius 3 is 2.27 bits per heavy atom. The van der Waals surface area contributed by atoms with E-state index >= 15 is 0 Å². The lowest BCUT2D eigenvalue weighted by Crippen LogP contribution is -2.58. The van der Waals surface area contributed by atoms with Crippen molar-refractivity contribution in [2.45, 2.75) is 53.6 Å². The molecule has 0 bridgehead atoms. The monoisotopic (exact) mass is 513 g/mol. The lowest BCUT2D eigenvalue weighted by Gasteiger charge is -2.44. The number of methoxy groups -OCH3 is 1. The molecule has 1 aromatic heterocycles. The second-order valence-corrected chi connectivity index (χ2v) is 8.36. The van der Waals surface area contributed by atoms with Crippen molar-refractivity contribution >= 4 is 35.3 Å². The highest BCUT2D eigenvalue weighted by Gasteiger charge is 2.31. The minimum atomic E-state index is 0.0980. The van der Waals surface area contributed by atoms with Crippen LogP contribution in [0.15, 0.2) is 47.6 Å². The number of carbonyl (C=O) groups is 2. The van der Waals surface area contributed by atoms with Gasteiger partial charge in [-0.15, -0.1) is 0 Å². The molecule has 0 saturated carbocycles. The highest BCUT2D eigenvalue weighted by atomic mass is 16.5. The van der Waals surface area contributed by atoms with Gasteiger partial charge in [0.15, 0.2) is 0 Å². The molecule has 2 aromatic rings. The van der Waals surface area contributed by atoms with Gasteiger partial charge < -0.3 is 20.3 Å². The van der Waals surface area contributed by atoms with E-state index in [9.17, 15) is 9.59 Å². The second kappa shape index (κ2) is 16.2. The van der Waals surface area contributed by atoms with Crippen molar-refractivity contribution in [3.05, 3.63) is 48.2 Å². The van der Waals surface area contributed by atoms with Gasteiger partial charge in [0.1, 0.15) is 12.1 Å². The molecular formula is C27H43N7O3. The number of hydrogen-bond acceptors (Lipinski definition) is 7. The summed E-state index contributed by atoms with van der Waals surface area (Å²) in [6.45, 7) is 13.9. The molecule has 37 heavy (non-hydrogen) atoms. The normalized spacial score (nSPS) is 17.0. The Labute approximate surface area is 221 Å². The first-order chi connectivity index (χ1) is 17.7. The van der Waals surface area contributed by atoms with Crippen LogP contribution in [0.2, 0.25) is 0 Å². The van der Waals surface area contributed by atoms with Gasteiger partial charge in [-0.1, -0.05) is 13.8 Å². The number of aldehydes is 1. The van der Waals surface area contributed by atoms with E-state index in [2.05, 4.69) is 38.9 Å². The Morgan fingerprint density at radius 2 is 1.78 bits per heavy atom. The van der Waals surface area contributed by atoms with Crippen LogP contribution < -0.4 is 21.1 Å². The van der Waals surface area contributed by atoms with Crippen molar-refractivity contribution in [1.82, 2.24) is 15.3 Å². The third-order valence-corrected chi connectivity index (χ3v) is 5.57. The number of nitrogens with zero attached hydrogens (tertiary/aromatic N) is 5. The van der Waals surface area contributed by atoms with Crippen LogP contribution in [0, 0.1) is 0 Å². The topological polar surface area (TPSA) is 116 Å². The second-order valence-electron chi connectivity index (χ2n) is 8.36. The van der Waals surface area contributed by atoms with E-state index in [-0.39, 0.29) is 24.0 Å². The van der Waals surface area contributed by atoms with Crippen molar-refractivity contribution < 1.29 is 14.3 Å². The van der Waals surface area contributed by atoms with Gasteiger partial charge in [0.25, 0.3) is 0 Å². The minimum Gasteiger partial charge on any atom is -0.385 e. The summed E-state index contributed by atoms with van der Waals surface area (Å²) in [4.78, 5) is 35.6. The first kappa shape index (κ1) is 31.4. The molecular weight excluding hydrogens is 470 g/mol. The lowest BCUT2D eigenvalue weighted by atomic mass is 10.1. The number of pyridine rings is 1. The van der Waals surface area contributed by atoms with Gasteiger partial charge in [-0.05, 0) is 51.1 Å². The number of aromatic nitrogens is 1. The Hall–Kier alpha value is -3.66. The smallest absolute Gasteiger partial charge is 0.220 e. The van der Waals surface area contributed by atoms with Gasteiger partial charge in [0, 0.05) is 70.7 Å². The number of ether oxygens (including phenoxy) is 1. The number of guanidine groups is 1. The van der Waals surface area contributed by atoms with Crippen LogP contribution in [-0.2, 0) is 9.53 Å². The molecule has 2 atom stereocenters. The number of carbonyl (C=O) groups excluding carboxylic acids is 2. The van der Waals surface area contributed by atoms with Crippen LogP contribution >= 0.6 is 0 Å². The highest BCUT2D eigenvalue weighted by molar-refractivity contribution is 5.83. The number of nitrogens with one attached hydrogen (secondary N) is 1. The van der Waals surface area contributed by atoms with Gasteiger partial charge in [-0.25, -0.2) is 9.98 Å². The van der Waals surface area contributed by atoms with Crippen molar-refractivity contribution in [1.29, 1.82) is 0 Å². The zero-order valence-corrected chi connectivity index (χ0v) is 23.4. The van der Waals surface area contributed by atoms with E-state index in [0.29, 0.717) is 11.3 Å². The molecule has 204 valence electrons. The summed E-state index contributed by atoms with van der Waals surface area (Å²) in [7, 11) is 3.52. The molecule has 2 heterocycles. The van der Waals surface area contributed by atoms with E-state index in [1.54, 1.807) is 49.5 Å². The summed E-state index contributed by atoms with van der Waals surface area (Å²) in [6, 6.07) is 10.9. The molecule has 10 nitrogen and oxygen atoms in total. The van der Waals surface area contributed by atoms with E-state index < -0.39 is 0 Å². The fraction of sp³-hybridized carbons (Fsp3) is 0.481. The number of amides is 1. The quantitative estimate of drug-likeness (QED) is 0.260. The third kappa shape index (κ3) is 9.72. The number of nitrogens with two attached hydrogens (primary N) is 1. The van der Waals surface area contributed by atoms with Crippen molar-refractivity contribution in [3.8, 4) is 0 Å².